The molecule has 1 rings (SSSR count). The van der Waals surface area contributed by atoms with E-state index in [0.29, 0.717) is 6.04 Å². The fourth-order valence-corrected chi connectivity index (χ4v) is 1.28. The van der Waals surface area contributed by atoms with E-state index >= 15 is 0 Å². The Labute approximate surface area is 85.3 Å². The van der Waals surface area contributed by atoms with E-state index in [0.717, 1.165) is 25.5 Å². The summed E-state index contributed by atoms with van der Waals surface area (Å²) in [6, 6.07) is 0.447. The zero-order valence-corrected chi connectivity index (χ0v) is 9.16. The Morgan fingerprint density at radius 3 is 3.00 bits per heavy atom. The SMILES string of the molecule is COCCCNc1nccn1C(C)C. The van der Waals surface area contributed by atoms with Crippen LogP contribution in [0.5, 0.6) is 0 Å². The maximum Gasteiger partial charge on any atom is 0.203 e. The van der Waals surface area contributed by atoms with Gasteiger partial charge in [0, 0.05) is 38.7 Å². The minimum absolute atomic E-state index is 0.447. The Kier molecular flexibility index (Phi) is 4.46. The molecule has 0 spiro atoms. The van der Waals surface area contributed by atoms with Crippen LogP contribution in [0.25, 0.3) is 0 Å². The molecular weight excluding hydrogens is 178 g/mol. The van der Waals surface area contributed by atoms with Crippen molar-refractivity contribution >= 4 is 5.95 Å². The zero-order valence-electron chi connectivity index (χ0n) is 9.16. The predicted octanol–water partition coefficient (Wildman–Crippen LogP) is 1.91. The topological polar surface area (TPSA) is 39.1 Å². The first-order valence-corrected chi connectivity index (χ1v) is 5.01. The molecule has 1 aromatic rings. The van der Waals surface area contributed by atoms with Crippen LogP contribution in [0.15, 0.2) is 12.4 Å². The first-order valence-electron chi connectivity index (χ1n) is 5.01. The molecule has 0 atom stereocenters. The number of aromatic nitrogens is 2. The minimum atomic E-state index is 0.447. The van der Waals surface area contributed by atoms with Crippen LogP contribution < -0.4 is 5.32 Å². The lowest BCUT2D eigenvalue weighted by molar-refractivity contribution is 0.197. The fraction of sp³-hybridized carbons (Fsp3) is 0.700. The lowest BCUT2D eigenvalue weighted by atomic mass is 10.4. The van der Waals surface area contributed by atoms with E-state index < -0.39 is 0 Å². The van der Waals surface area contributed by atoms with Crippen LogP contribution in [0, 0.1) is 0 Å². The number of methoxy groups -OCH3 is 1. The molecule has 0 aliphatic heterocycles. The molecule has 4 nitrogen and oxygen atoms in total. The van der Waals surface area contributed by atoms with Crippen molar-refractivity contribution in [1.82, 2.24) is 9.55 Å². The average molecular weight is 197 g/mol. The minimum Gasteiger partial charge on any atom is -0.385 e. The second kappa shape index (κ2) is 5.65. The Morgan fingerprint density at radius 1 is 1.57 bits per heavy atom. The quantitative estimate of drug-likeness (QED) is 0.708. The van der Waals surface area contributed by atoms with Gasteiger partial charge in [0.15, 0.2) is 0 Å². The summed E-state index contributed by atoms with van der Waals surface area (Å²) in [5.41, 5.74) is 0. The molecule has 0 fully saturated rings. The number of hydrogen-bond acceptors (Lipinski definition) is 3. The van der Waals surface area contributed by atoms with E-state index in [-0.39, 0.29) is 0 Å². The average Bonchev–Trinajstić information content (AvgIpc) is 2.60. The molecule has 1 heterocycles. The van der Waals surface area contributed by atoms with Gasteiger partial charge in [-0.3, -0.25) is 0 Å². The van der Waals surface area contributed by atoms with E-state index in [1.807, 2.05) is 12.4 Å². The second-order valence-electron chi connectivity index (χ2n) is 3.52. The van der Waals surface area contributed by atoms with Gasteiger partial charge in [-0.25, -0.2) is 4.98 Å². The highest BCUT2D eigenvalue weighted by Crippen LogP contribution is 2.11. The lowest BCUT2D eigenvalue weighted by Crippen LogP contribution is -2.11. The number of anilines is 1. The number of ether oxygens (including phenoxy) is 1. The highest BCUT2D eigenvalue weighted by molar-refractivity contribution is 5.26. The van der Waals surface area contributed by atoms with Crippen molar-refractivity contribution in [3.63, 3.8) is 0 Å². The molecule has 1 aromatic heterocycles. The first kappa shape index (κ1) is 11.0. The summed E-state index contributed by atoms with van der Waals surface area (Å²) < 4.78 is 7.09. The van der Waals surface area contributed by atoms with Crippen molar-refractivity contribution in [2.24, 2.45) is 0 Å². The molecule has 0 aliphatic carbocycles. The maximum absolute atomic E-state index is 4.97. The van der Waals surface area contributed by atoms with Gasteiger partial charge in [0.2, 0.25) is 5.95 Å². The summed E-state index contributed by atoms with van der Waals surface area (Å²) in [7, 11) is 1.72. The fourth-order valence-electron chi connectivity index (χ4n) is 1.28. The van der Waals surface area contributed by atoms with Crippen molar-refractivity contribution in [1.29, 1.82) is 0 Å². The maximum atomic E-state index is 4.97. The molecule has 0 bridgehead atoms. The Bertz CT molecular complexity index is 258. The van der Waals surface area contributed by atoms with Gasteiger partial charge in [0.05, 0.1) is 0 Å². The first-order chi connectivity index (χ1) is 6.75. The van der Waals surface area contributed by atoms with E-state index in [4.69, 9.17) is 4.74 Å². The van der Waals surface area contributed by atoms with Crippen LogP contribution in [0.2, 0.25) is 0 Å². The molecular formula is C10H19N3O. The molecule has 0 aliphatic rings. The number of hydrogen-bond donors (Lipinski definition) is 1. The van der Waals surface area contributed by atoms with Crippen molar-refractivity contribution in [2.75, 3.05) is 25.6 Å². The number of nitrogens with one attached hydrogen (secondary N) is 1. The number of rotatable bonds is 6. The van der Waals surface area contributed by atoms with Gasteiger partial charge in [-0.05, 0) is 20.3 Å². The Balaban J connectivity index is 2.38. The normalized spacial score (nSPS) is 10.9. The van der Waals surface area contributed by atoms with E-state index in [1.165, 1.54) is 0 Å². The third-order valence-corrected chi connectivity index (χ3v) is 2.03. The summed E-state index contributed by atoms with van der Waals surface area (Å²) >= 11 is 0. The number of imidazole rings is 1. The smallest absolute Gasteiger partial charge is 0.203 e. The summed E-state index contributed by atoms with van der Waals surface area (Å²) in [5, 5.41) is 3.28. The Hall–Kier alpha value is -1.03. The van der Waals surface area contributed by atoms with Crippen LogP contribution in [0.1, 0.15) is 26.3 Å². The van der Waals surface area contributed by atoms with Crippen molar-refractivity contribution in [3.8, 4) is 0 Å². The molecule has 4 heteroatoms. The molecule has 0 unspecified atom stereocenters. The summed E-state index contributed by atoms with van der Waals surface area (Å²) in [6.07, 6.45) is 4.81. The highest BCUT2D eigenvalue weighted by atomic mass is 16.5. The standard InChI is InChI=1S/C10H19N3O/c1-9(2)13-7-6-12-10(13)11-5-4-8-14-3/h6-7,9H,4-5,8H2,1-3H3,(H,11,12). The van der Waals surface area contributed by atoms with Crippen LogP contribution in [-0.4, -0.2) is 29.8 Å². The third kappa shape index (κ3) is 3.03. The van der Waals surface area contributed by atoms with Gasteiger partial charge < -0.3 is 14.6 Å². The van der Waals surface area contributed by atoms with E-state index in [1.54, 1.807) is 7.11 Å². The molecule has 0 saturated heterocycles. The van der Waals surface area contributed by atoms with Gasteiger partial charge in [-0.1, -0.05) is 0 Å². The third-order valence-electron chi connectivity index (χ3n) is 2.03. The van der Waals surface area contributed by atoms with Crippen LogP contribution in [-0.2, 0) is 4.74 Å². The second-order valence-corrected chi connectivity index (χ2v) is 3.52. The Morgan fingerprint density at radius 2 is 2.36 bits per heavy atom. The molecule has 80 valence electrons. The van der Waals surface area contributed by atoms with Crippen molar-refractivity contribution in [2.45, 2.75) is 26.3 Å². The van der Waals surface area contributed by atoms with Crippen molar-refractivity contribution in [3.05, 3.63) is 12.4 Å². The van der Waals surface area contributed by atoms with Gasteiger partial charge in [-0.2, -0.15) is 0 Å². The highest BCUT2D eigenvalue weighted by Gasteiger charge is 2.03. The lowest BCUT2D eigenvalue weighted by Gasteiger charge is -2.12. The molecule has 0 saturated carbocycles. The van der Waals surface area contributed by atoms with Crippen LogP contribution >= 0.6 is 0 Å². The number of nitrogens with zero attached hydrogens (tertiary/aromatic N) is 2. The van der Waals surface area contributed by atoms with Crippen molar-refractivity contribution < 1.29 is 4.74 Å². The van der Waals surface area contributed by atoms with Crippen LogP contribution in [0.3, 0.4) is 0 Å². The van der Waals surface area contributed by atoms with E-state index in [9.17, 15) is 0 Å². The molecule has 14 heavy (non-hydrogen) atoms. The summed E-state index contributed by atoms with van der Waals surface area (Å²) in [6.45, 7) is 5.97. The molecule has 0 amide bonds. The van der Waals surface area contributed by atoms with E-state index in [2.05, 4.69) is 28.7 Å². The molecule has 0 aromatic carbocycles. The molecule has 0 radical (unpaired) electrons. The van der Waals surface area contributed by atoms with Gasteiger partial charge in [0.1, 0.15) is 0 Å². The largest absolute Gasteiger partial charge is 0.385 e. The van der Waals surface area contributed by atoms with Crippen LogP contribution in [0.4, 0.5) is 5.95 Å². The van der Waals surface area contributed by atoms with Gasteiger partial charge in [0.25, 0.3) is 0 Å². The monoisotopic (exact) mass is 197 g/mol. The van der Waals surface area contributed by atoms with Gasteiger partial charge in [-0.15, -0.1) is 0 Å². The zero-order chi connectivity index (χ0) is 10.4. The molecule has 1 N–H and O–H groups in total. The summed E-state index contributed by atoms with van der Waals surface area (Å²) in [4.78, 5) is 4.25. The predicted molar refractivity (Wildman–Crippen MR) is 57.6 cm³/mol. The summed E-state index contributed by atoms with van der Waals surface area (Å²) in [5.74, 6) is 0.941. The van der Waals surface area contributed by atoms with Gasteiger partial charge >= 0.3 is 0 Å².